The summed E-state index contributed by atoms with van der Waals surface area (Å²) in [5.74, 6) is 4.66. The van der Waals surface area contributed by atoms with Gasteiger partial charge in [-0.3, -0.25) is 15.8 Å². The van der Waals surface area contributed by atoms with Crippen LogP contribution in [0.2, 0.25) is 5.02 Å². The first kappa shape index (κ1) is 20.9. The number of rotatable bonds is 5. The van der Waals surface area contributed by atoms with E-state index in [9.17, 15) is 22.8 Å². The van der Waals surface area contributed by atoms with Gasteiger partial charge in [-0.25, -0.2) is 9.48 Å². The van der Waals surface area contributed by atoms with Gasteiger partial charge in [-0.2, -0.15) is 13.2 Å². The number of nitrogens with two attached hydrogens (primary N) is 1. The molecule has 0 aliphatic heterocycles. The van der Waals surface area contributed by atoms with Crippen LogP contribution in [0.3, 0.4) is 0 Å². The van der Waals surface area contributed by atoms with E-state index in [1.54, 1.807) is 19.2 Å². The molecular weight excluding hydrogens is 363 g/mol. The first-order valence-corrected chi connectivity index (χ1v) is 7.42. The molecule has 0 aliphatic carbocycles. The van der Waals surface area contributed by atoms with Crippen molar-refractivity contribution in [1.82, 2.24) is 19.8 Å². The van der Waals surface area contributed by atoms with Crippen molar-refractivity contribution < 1.29 is 18.0 Å². The molecule has 0 bridgehead atoms. The van der Waals surface area contributed by atoms with Crippen molar-refractivity contribution in [2.24, 2.45) is 5.84 Å². The summed E-state index contributed by atoms with van der Waals surface area (Å²) in [4.78, 5) is 22.6. The summed E-state index contributed by atoms with van der Waals surface area (Å²) in [7, 11) is 1.65. The molecule has 1 aromatic heterocycles. The molecule has 2 aromatic rings. The van der Waals surface area contributed by atoms with Crippen LogP contribution in [-0.2, 0) is 17.9 Å². The number of halogens is 4. The lowest BCUT2D eigenvalue weighted by Gasteiger charge is -2.08. The number of carbonyl (C=O) groups excluding carboxylic acids is 1. The van der Waals surface area contributed by atoms with Gasteiger partial charge in [-0.05, 0) is 31.3 Å². The van der Waals surface area contributed by atoms with E-state index in [-0.39, 0.29) is 12.4 Å². The Morgan fingerprint density at radius 1 is 1.32 bits per heavy atom. The molecule has 3 N–H and O–H groups in total. The van der Waals surface area contributed by atoms with Gasteiger partial charge in [0.15, 0.2) is 5.82 Å². The second-order valence-electron chi connectivity index (χ2n) is 4.77. The SMILES string of the molecule is CNN.O=CCn1nc(-c2ccc(Cl)cc2)n(CCC(F)(F)F)c1=O. The number of aromatic nitrogens is 3. The van der Waals surface area contributed by atoms with E-state index in [2.05, 4.69) is 16.4 Å². The summed E-state index contributed by atoms with van der Waals surface area (Å²) in [6, 6.07) is 6.15. The van der Waals surface area contributed by atoms with Crippen LogP contribution in [0.25, 0.3) is 11.4 Å². The van der Waals surface area contributed by atoms with Gasteiger partial charge >= 0.3 is 11.9 Å². The minimum atomic E-state index is -4.40. The monoisotopic (exact) mass is 379 g/mol. The van der Waals surface area contributed by atoms with Crippen molar-refractivity contribution in [3.63, 3.8) is 0 Å². The molecule has 138 valence electrons. The van der Waals surface area contributed by atoms with Crippen molar-refractivity contribution in [1.29, 1.82) is 0 Å². The fourth-order valence-electron chi connectivity index (χ4n) is 1.88. The number of alkyl halides is 3. The minimum Gasteiger partial charge on any atom is -0.301 e. The third kappa shape index (κ3) is 6.33. The van der Waals surface area contributed by atoms with Crippen LogP contribution in [0.4, 0.5) is 13.2 Å². The molecule has 0 saturated heterocycles. The van der Waals surface area contributed by atoms with Gasteiger partial charge in [0.05, 0.1) is 6.42 Å². The Labute approximate surface area is 146 Å². The van der Waals surface area contributed by atoms with Crippen LogP contribution in [0.1, 0.15) is 6.42 Å². The predicted molar refractivity (Wildman–Crippen MR) is 86.9 cm³/mol. The van der Waals surface area contributed by atoms with E-state index in [0.717, 1.165) is 9.25 Å². The molecular formula is C14H17ClF3N5O2. The minimum absolute atomic E-state index is 0.0627. The van der Waals surface area contributed by atoms with Crippen LogP contribution < -0.4 is 17.0 Å². The Balaban J connectivity index is 0.000000970. The quantitative estimate of drug-likeness (QED) is 0.467. The van der Waals surface area contributed by atoms with Gasteiger partial charge in [0, 0.05) is 17.1 Å². The van der Waals surface area contributed by atoms with Crippen molar-refractivity contribution in [3.05, 3.63) is 39.8 Å². The van der Waals surface area contributed by atoms with E-state index in [1.165, 1.54) is 12.1 Å². The molecule has 11 heteroatoms. The zero-order chi connectivity index (χ0) is 19.0. The molecule has 0 unspecified atom stereocenters. The highest BCUT2D eigenvalue weighted by Crippen LogP contribution is 2.23. The van der Waals surface area contributed by atoms with Crippen molar-refractivity contribution in [3.8, 4) is 11.4 Å². The molecule has 0 spiro atoms. The van der Waals surface area contributed by atoms with Gasteiger partial charge in [-0.1, -0.05) is 11.6 Å². The van der Waals surface area contributed by atoms with Crippen LogP contribution in [0, 0.1) is 0 Å². The smallest absolute Gasteiger partial charge is 0.301 e. The summed E-state index contributed by atoms with van der Waals surface area (Å²) in [6.07, 6.45) is -5.11. The molecule has 0 radical (unpaired) electrons. The largest absolute Gasteiger partial charge is 0.390 e. The van der Waals surface area contributed by atoms with E-state index in [4.69, 9.17) is 11.6 Å². The van der Waals surface area contributed by atoms with E-state index in [1.807, 2.05) is 0 Å². The summed E-state index contributed by atoms with van der Waals surface area (Å²) in [5.41, 5.74) is 1.93. The molecule has 25 heavy (non-hydrogen) atoms. The van der Waals surface area contributed by atoms with E-state index < -0.39 is 24.8 Å². The van der Waals surface area contributed by atoms with Crippen LogP contribution in [0.5, 0.6) is 0 Å². The summed E-state index contributed by atoms with van der Waals surface area (Å²) >= 11 is 5.76. The van der Waals surface area contributed by atoms with Crippen LogP contribution in [-0.4, -0.2) is 33.9 Å². The van der Waals surface area contributed by atoms with Crippen LogP contribution in [0.15, 0.2) is 29.1 Å². The first-order valence-electron chi connectivity index (χ1n) is 7.04. The third-order valence-electron chi connectivity index (χ3n) is 2.89. The zero-order valence-corrected chi connectivity index (χ0v) is 14.0. The molecule has 0 saturated carbocycles. The zero-order valence-electron chi connectivity index (χ0n) is 13.3. The van der Waals surface area contributed by atoms with Gasteiger partial charge in [0.1, 0.15) is 12.8 Å². The highest BCUT2D eigenvalue weighted by Gasteiger charge is 2.28. The number of carbonyl (C=O) groups is 1. The molecule has 7 nitrogen and oxygen atoms in total. The molecule has 2 rings (SSSR count). The lowest BCUT2D eigenvalue weighted by Crippen LogP contribution is -2.27. The number of hydrogen-bond donors (Lipinski definition) is 2. The molecule has 0 amide bonds. The first-order chi connectivity index (χ1) is 11.7. The maximum absolute atomic E-state index is 12.4. The lowest BCUT2D eigenvalue weighted by molar-refractivity contribution is -0.136. The van der Waals surface area contributed by atoms with Crippen molar-refractivity contribution in [2.75, 3.05) is 7.05 Å². The maximum Gasteiger partial charge on any atom is 0.390 e. The average molecular weight is 380 g/mol. The third-order valence-corrected chi connectivity index (χ3v) is 3.14. The van der Waals surface area contributed by atoms with E-state index in [0.29, 0.717) is 16.9 Å². The molecule has 0 fully saturated rings. The predicted octanol–water partition coefficient (Wildman–Crippen LogP) is 1.60. The number of aldehydes is 1. The second kappa shape index (κ2) is 9.35. The number of hydrazine groups is 1. The topological polar surface area (TPSA) is 94.9 Å². The van der Waals surface area contributed by atoms with Gasteiger partial charge in [0.25, 0.3) is 0 Å². The summed E-state index contributed by atoms with van der Waals surface area (Å²) in [5, 5.41) is 4.37. The Bertz CT molecular complexity index is 740. The Hall–Kier alpha value is -2.17. The molecule has 0 aliphatic rings. The lowest BCUT2D eigenvalue weighted by atomic mass is 10.2. The average Bonchev–Trinajstić information content (AvgIpc) is 2.83. The Kier molecular flexibility index (Phi) is 7.81. The highest BCUT2D eigenvalue weighted by molar-refractivity contribution is 6.30. The number of hydrogen-bond acceptors (Lipinski definition) is 5. The van der Waals surface area contributed by atoms with Crippen molar-refractivity contribution >= 4 is 17.9 Å². The van der Waals surface area contributed by atoms with Gasteiger partial charge in [-0.15, -0.1) is 5.10 Å². The fraction of sp³-hybridized carbons (Fsp3) is 0.357. The van der Waals surface area contributed by atoms with Gasteiger partial charge < -0.3 is 4.79 Å². The normalized spacial score (nSPS) is 11.0. The fourth-order valence-corrected chi connectivity index (χ4v) is 2.01. The summed E-state index contributed by atoms with van der Waals surface area (Å²) < 4.78 is 38.9. The standard InChI is InChI=1S/C13H11ClF3N3O2.CH6N2/c14-10-3-1-9(2-4-10)11-18-20(7-8-21)12(22)19(11)6-5-13(15,16)17;1-3-2/h1-4,8H,5-7H2;3H,2H2,1H3. The second-order valence-corrected chi connectivity index (χ2v) is 5.20. The Morgan fingerprint density at radius 2 is 1.88 bits per heavy atom. The summed E-state index contributed by atoms with van der Waals surface area (Å²) in [6.45, 7) is -0.891. The number of benzene rings is 1. The van der Waals surface area contributed by atoms with E-state index >= 15 is 0 Å². The molecule has 1 aromatic carbocycles. The number of nitrogens with zero attached hydrogens (tertiary/aromatic N) is 3. The van der Waals surface area contributed by atoms with Gasteiger partial charge in [0.2, 0.25) is 0 Å². The van der Waals surface area contributed by atoms with Crippen LogP contribution >= 0.6 is 11.6 Å². The van der Waals surface area contributed by atoms with Crippen molar-refractivity contribution in [2.45, 2.75) is 25.7 Å². The molecule has 1 heterocycles. The highest BCUT2D eigenvalue weighted by atomic mass is 35.5. The maximum atomic E-state index is 12.4. The molecule has 0 atom stereocenters. The Morgan fingerprint density at radius 3 is 2.36 bits per heavy atom. The number of nitrogens with one attached hydrogen (secondary N) is 1.